The van der Waals surface area contributed by atoms with Gasteiger partial charge < -0.3 is 10.1 Å². The minimum atomic E-state index is 0.671. The third-order valence-corrected chi connectivity index (χ3v) is 3.60. The van der Waals surface area contributed by atoms with Crippen LogP contribution in [0.4, 0.5) is 0 Å². The lowest BCUT2D eigenvalue weighted by molar-refractivity contribution is 0.206. The molecule has 0 saturated carbocycles. The van der Waals surface area contributed by atoms with Gasteiger partial charge in [0.15, 0.2) is 0 Å². The van der Waals surface area contributed by atoms with E-state index in [1.54, 1.807) is 0 Å². The van der Waals surface area contributed by atoms with E-state index in [0.29, 0.717) is 6.04 Å². The van der Waals surface area contributed by atoms with Gasteiger partial charge in [0.1, 0.15) is 5.75 Å². The molecule has 100 valence electrons. The zero-order chi connectivity index (χ0) is 12.8. The first-order chi connectivity index (χ1) is 8.85. The normalized spacial score (nSPS) is 19.4. The highest BCUT2D eigenvalue weighted by atomic mass is 16.5. The average Bonchev–Trinajstić information content (AvgIpc) is 2.92. The molecule has 1 heterocycles. The Morgan fingerprint density at radius 2 is 2.17 bits per heavy atom. The lowest BCUT2D eigenvalue weighted by Gasteiger charge is -2.27. The Morgan fingerprint density at radius 3 is 2.83 bits per heavy atom. The summed E-state index contributed by atoms with van der Waals surface area (Å²) in [4.78, 5) is 2.54. The van der Waals surface area contributed by atoms with Crippen LogP contribution in [-0.4, -0.2) is 37.2 Å². The first-order valence-corrected chi connectivity index (χ1v) is 7.00. The summed E-state index contributed by atoms with van der Waals surface area (Å²) in [6.45, 7) is 9.34. The van der Waals surface area contributed by atoms with E-state index in [-0.39, 0.29) is 0 Å². The number of ether oxygens (including phenoxy) is 1. The standard InChI is InChI=1S/C15H24N2O/c1-3-17(14-9-10-16-11-14)12-13-7-5-6-8-15(13)18-4-2/h5-8,14,16H,3-4,9-12H2,1-2H3. The van der Waals surface area contributed by atoms with Crippen LogP contribution in [-0.2, 0) is 6.54 Å². The molecule has 0 bridgehead atoms. The molecule has 3 heteroatoms. The SMILES string of the molecule is CCOc1ccccc1CN(CC)C1CCNC1. The summed E-state index contributed by atoms with van der Waals surface area (Å²) in [7, 11) is 0. The van der Waals surface area contributed by atoms with E-state index in [4.69, 9.17) is 4.74 Å². The lowest BCUT2D eigenvalue weighted by atomic mass is 10.1. The van der Waals surface area contributed by atoms with Crippen LogP contribution >= 0.6 is 0 Å². The maximum atomic E-state index is 5.70. The van der Waals surface area contributed by atoms with Crippen LogP contribution in [0, 0.1) is 0 Å². The molecule has 1 saturated heterocycles. The molecule has 1 aliphatic heterocycles. The Balaban J connectivity index is 2.06. The Bertz CT molecular complexity index is 361. The van der Waals surface area contributed by atoms with Crippen LogP contribution in [0.15, 0.2) is 24.3 Å². The molecule has 0 amide bonds. The second kappa shape index (κ2) is 6.76. The molecule has 18 heavy (non-hydrogen) atoms. The highest BCUT2D eigenvalue weighted by Gasteiger charge is 2.21. The highest BCUT2D eigenvalue weighted by Crippen LogP contribution is 2.21. The molecule has 1 aliphatic rings. The van der Waals surface area contributed by atoms with Crippen molar-refractivity contribution in [3.05, 3.63) is 29.8 Å². The molecule has 3 nitrogen and oxygen atoms in total. The van der Waals surface area contributed by atoms with Gasteiger partial charge in [0.25, 0.3) is 0 Å². The van der Waals surface area contributed by atoms with Crippen molar-refractivity contribution in [1.82, 2.24) is 10.2 Å². The second-order valence-corrected chi connectivity index (χ2v) is 4.75. The van der Waals surface area contributed by atoms with Crippen LogP contribution in [0.5, 0.6) is 5.75 Å². The third kappa shape index (κ3) is 3.24. The van der Waals surface area contributed by atoms with Gasteiger partial charge in [-0.05, 0) is 32.5 Å². The monoisotopic (exact) mass is 248 g/mol. The molecular weight excluding hydrogens is 224 g/mol. The number of hydrogen-bond donors (Lipinski definition) is 1. The number of benzene rings is 1. The number of likely N-dealkylation sites (N-methyl/N-ethyl adjacent to an activating group) is 1. The van der Waals surface area contributed by atoms with Crippen LogP contribution in [0.2, 0.25) is 0 Å². The topological polar surface area (TPSA) is 24.5 Å². The zero-order valence-corrected chi connectivity index (χ0v) is 11.5. The van der Waals surface area contributed by atoms with Crippen molar-refractivity contribution in [2.24, 2.45) is 0 Å². The quantitative estimate of drug-likeness (QED) is 0.836. The minimum absolute atomic E-state index is 0.671. The number of rotatable bonds is 6. The number of para-hydroxylation sites is 1. The van der Waals surface area contributed by atoms with E-state index in [0.717, 1.165) is 38.5 Å². The van der Waals surface area contributed by atoms with Crippen molar-refractivity contribution in [3.8, 4) is 5.75 Å². The summed E-state index contributed by atoms with van der Waals surface area (Å²) in [5.74, 6) is 1.03. The molecule has 0 aliphatic carbocycles. The molecule has 0 spiro atoms. The van der Waals surface area contributed by atoms with Gasteiger partial charge in [0.2, 0.25) is 0 Å². The van der Waals surface area contributed by atoms with Gasteiger partial charge in [0.05, 0.1) is 6.61 Å². The van der Waals surface area contributed by atoms with Crippen molar-refractivity contribution in [2.45, 2.75) is 32.9 Å². The van der Waals surface area contributed by atoms with Crippen LogP contribution in [0.25, 0.3) is 0 Å². The highest BCUT2D eigenvalue weighted by molar-refractivity contribution is 5.33. The molecular formula is C15H24N2O. The van der Waals surface area contributed by atoms with Gasteiger partial charge in [-0.2, -0.15) is 0 Å². The fourth-order valence-corrected chi connectivity index (χ4v) is 2.60. The molecule has 2 rings (SSSR count). The number of nitrogens with zero attached hydrogens (tertiary/aromatic N) is 1. The van der Waals surface area contributed by atoms with Gasteiger partial charge in [-0.15, -0.1) is 0 Å². The van der Waals surface area contributed by atoms with Gasteiger partial charge in [0, 0.05) is 24.7 Å². The number of hydrogen-bond acceptors (Lipinski definition) is 3. The summed E-state index contributed by atoms with van der Waals surface area (Å²) >= 11 is 0. The van der Waals surface area contributed by atoms with E-state index in [2.05, 4.69) is 35.3 Å². The maximum absolute atomic E-state index is 5.70. The summed E-state index contributed by atoms with van der Waals surface area (Å²) in [5.41, 5.74) is 1.30. The first kappa shape index (κ1) is 13.4. The Kier molecular flexibility index (Phi) is 5.02. The van der Waals surface area contributed by atoms with Crippen LogP contribution in [0.3, 0.4) is 0 Å². The molecule has 1 fully saturated rings. The third-order valence-electron chi connectivity index (χ3n) is 3.60. The van der Waals surface area contributed by atoms with E-state index < -0.39 is 0 Å². The first-order valence-electron chi connectivity index (χ1n) is 7.00. The Hall–Kier alpha value is -1.06. The fourth-order valence-electron chi connectivity index (χ4n) is 2.60. The predicted molar refractivity (Wildman–Crippen MR) is 75.0 cm³/mol. The molecule has 0 aromatic heterocycles. The van der Waals surface area contributed by atoms with Gasteiger partial charge in [-0.1, -0.05) is 25.1 Å². The predicted octanol–water partition coefficient (Wildman–Crippen LogP) is 2.27. The van der Waals surface area contributed by atoms with Crippen molar-refractivity contribution in [2.75, 3.05) is 26.2 Å². The lowest BCUT2D eigenvalue weighted by Crippen LogP contribution is -2.36. The second-order valence-electron chi connectivity index (χ2n) is 4.75. The molecule has 1 aromatic carbocycles. The van der Waals surface area contributed by atoms with Crippen molar-refractivity contribution < 1.29 is 4.74 Å². The summed E-state index contributed by atoms with van der Waals surface area (Å²) in [5, 5.41) is 3.44. The Morgan fingerprint density at radius 1 is 1.33 bits per heavy atom. The smallest absolute Gasteiger partial charge is 0.123 e. The molecule has 1 unspecified atom stereocenters. The Labute approximate surface area is 110 Å². The fraction of sp³-hybridized carbons (Fsp3) is 0.600. The van der Waals surface area contributed by atoms with Crippen molar-refractivity contribution in [3.63, 3.8) is 0 Å². The minimum Gasteiger partial charge on any atom is -0.494 e. The van der Waals surface area contributed by atoms with Crippen LogP contribution < -0.4 is 10.1 Å². The average molecular weight is 248 g/mol. The maximum Gasteiger partial charge on any atom is 0.123 e. The summed E-state index contributed by atoms with van der Waals surface area (Å²) < 4.78 is 5.70. The van der Waals surface area contributed by atoms with E-state index in [1.807, 2.05) is 13.0 Å². The van der Waals surface area contributed by atoms with Crippen molar-refractivity contribution >= 4 is 0 Å². The van der Waals surface area contributed by atoms with Crippen molar-refractivity contribution in [1.29, 1.82) is 0 Å². The zero-order valence-electron chi connectivity index (χ0n) is 11.5. The summed E-state index contributed by atoms with van der Waals surface area (Å²) in [6, 6.07) is 9.06. The molecule has 1 aromatic rings. The van der Waals surface area contributed by atoms with Gasteiger partial charge in [-0.3, -0.25) is 4.90 Å². The van der Waals surface area contributed by atoms with Crippen LogP contribution in [0.1, 0.15) is 25.8 Å². The van der Waals surface area contributed by atoms with E-state index in [9.17, 15) is 0 Å². The molecule has 1 N–H and O–H groups in total. The number of nitrogens with one attached hydrogen (secondary N) is 1. The van der Waals surface area contributed by atoms with E-state index in [1.165, 1.54) is 12.0 Å². The molecule has 0 radical (unpaired) electrons. The largest absolute Gasteiger partial charge is 0.494 e. The molecule has 1 atom stereocenters. The summed E-state index contributed by atoms with van der Waals surface area (Å²) in [6.07, 6.45) is 1.25. The van der Waals surface area contributed by atoms with Gasteiger partial charge in [-0.25, -0.2) is 0 Å². The van der Waals surface area contributed by atoms with E-state index >= 15 is 0 Å². The van der Waals surface area contributed by atoms with Gasteiger partial charge >= 0.3 is 0 Å².